The molecule has 1 atom stereocenters. The summed E-state index contributed by atoms with van der Waals surface area (Å²) in [5.41, 5.74) is 3.32. The monoisotopic (exact) mass is 408 g/mol. The number of ether oxygens (including phenoxy) is 1. The first-order valence-corrected chi connectivity index (χ1v) is 10.7. The molecular formula is C24H32N4O2. The molecule has 1 aliphatic rings. The summed E-state index contributed by atoms with van der Waals surface area (Å²) >= 11 is 0. The molecule has 30 heavy (non-hydrogen) atoms. The number of carbonyl (C=O) groups is 1. The zero-order chi connectivity index (χ0) is 21.2. The fourth-order valence-electron chi connectivity index (χ4n) is 3.54. The van der Waals surface area contributed by atoms with Crippen molar-refractivity contribution in [2.75, 3.05) is 32.1 Å². The Balaban J connectivity index is 1.44. The van der Waals surface area contributed by atoms with E-state index in [0.29, 0.717) is 13.0 Å². The molecule has 0 aromatic heterocycles. The van der Waals surface area contributed by atoms with Crippen molar-refractivity contribution in [1.82, 2.24) is 10.6 Å². The quantitative estimate of drug-likeness (QED) is 0.336. The number of nitrogens with one attached hydrogen (secondary N) is 3. The average Bonchev–Trinajstić information content (AvgIpc) is 2.77. The lowest BCUT2D eigenvalue weighted by atomic mass is 9.90. The third kappa shape index (κ3) is 6.24. The summed E-state index contributed by atoms with van der Waals surface area (Å²) in [6, 6.07) is 16.3. The summed E-state index contributed by atoms with van der Waals surface area (Å²) in [7, 11) is 1.76. The van der Waals surface area contributed by atoms with Gasteiger partial charge >= 0.3 is 0 Å². The largest absolute Gasteiger partial charge is 0.494 e. The van der Waals surface area contributed by atoms with Crippen LogP contribution in [0.2, 0.25) is 0 Å². The average molecular weight is 409 g/mol. The first-order valence-electron chi connectivity index (χ1n) is 10.7. The van der Waals surface area contributed by atoms with E-state index in [1.54, 1.807) is 7.05 Å². The minimum atomic E-state index is 0.0607. The van der Waals surface area contributed by atoms with Crippen molar-refractivity contribution in [3.05, 3.63) is 59.7 Å². The van der Waals surface area contributed by atoms with E-state index in [1.807, 2.05) is 30.3 Å². The minimum Gasteiger partial charge on any atom is -0.494 e. The molecule has 1 unspecified atom stereocenters. The predicted octanol–water partition coefficient (Wildman–Crippen LogP) is 3.70. The van der Waals surface area contributed by atoms with Crippen LogP contribution in [0.3, 0.4) is 0 Å². The van der Waals surface area contributed by atoms with Gasteiger partial charge in [0.2, 0.25) is 5.91 Å². The van der Waals surface area contributed by atoms with Gasteiger partial charge in [-0.05, 0) is 42.2 Å². The van der Waals surface area contributed by atoms with Gasteiger partial charge in [0.25, 0.3) is 0 Å². The maximum atomic E-state index is 12.0. The zero-order valence-electron chi connectivity index (χ0n) is 17.9. The molecule has 0 saturated carbocycles. The van der Waals surface area contributed by atoms with Crippen molar-refractivity contribution in [2.45, 2.75) is 38.5 Å². The lowest BCUT2D eigenvalue weighted by Gasteiger charge is -2.26. The summed E-state index contributed by atoms with van der Waals surface area (Å²) in [6.07, 6.45) is 3.59. The van der Waals surface area contributed by atoms with Crippen LogP contribution in [-0.2, 0) is 11.2 Å². The summed E-state index contributed by atoms with van der Waals surface area (Å²) in [5.74, 6) is 1.87. The lowest BCUT2D eigenvalue weighted by molar-refractivity contribution is -0.116. The van der Waals surface area contributed by atoms with E-state index in [9.17, 15) is 4.79 Å². The molecule has 3 rings (SSSR count). The van der Waals surface area contributed by atoms with Gasteiger partial charge in [-0.1, -0.05) is 43.7 Å². The van der Waals surface area contributed by atoms with Crippen LogP contribution in [0.15, 0.2) is 53.5 Å². The molecule has 6 heteroatoms. The number of guanidine groups is 1. The van der Waals surface area contributed by atoms with Crippen LogP contribution in [0.5, 0.6) is 5.75 Å². The van der Waals surface area contributed by atoms with E-state index in [2.05, 4.69) is 46.1 Å². The van der Waals surface area contributed by atoms with Crippen LogP contribution in [-0.4, -0.2) is 38.6 Å². The molecule has 0 radical (unpaired) electrons. The zero-order valence-corrected chi connectivity index (χ0v) is 17.9. The first-order chi connectivity index (χ1) is 14.7. The third-order valence-corrected chi connectivity index (χ3v) is 5.24. The van der Waals surface area contributed by atoms with Crippen LogP contribution in [0.4, 0.5) is 5.69 Å². The Morgan fingerprint density at radius 1 is 1.17 bits per heavy atom. The van der Waals surface area contributed by atoms with Crippen molar-refractivity contribution >= 4 is 17.6 Å². The number of aliphatic imine (C=N–C) groups is 1. The molecule has 0 fully saturated rings. The van der Waals surface area contributed by atoms with Gasteiger partial charge in [0.1, 0.15) is 5.75 Å². The number of benzene rings is 2. The molecule has 2 aromatic rings. The van der Waals surface area contributed by atoms with Crippen molar-refractivity contribution < 1.29 is 9.53 Å². The van der Waals surface area contributed by atoms with Gasteiger partial charge in [-0.25, -0.2) is 0 Å². The van der Waals surface area contributed by atoms with Gasteiger partial charge in [-0.2, -0.15) is 0 Å². The number of hydrogen-bond acceptors (Lipinski definition) is 3. The lowest BCUT2D eigenvalue weighted by Crippen LogP contribution is -2.41. The Bertz CT molecular complexity index is 849. The second kappa shape index (κ2) is 11.2. The number of amides is 1. The Kier molecular flexibility index (Phi) is 8.12. The molecule has 1 aliphatic heterocycles. The Morgan fingerprint density at radius 2 is 1.97 bits per heavy atom. The summed E-state index contributed by atoms with van der Waals surface area (Å²) in [6.45, 7) is 4.37. The summed E-state index contributed by atoms with van der Waals surface area (Å²) in [5, 5.41) is 9.66. The number of unbranched alkanes of at least 4 members (excludes halogenated alkanes) is 1. The van der Waals surface area contributed by atoms with Crippen LogP contribution in [0.1, 0.15) is 43.2 Å². The molecular weight excluding hydrogens is 376 g/mol. The van der Waals surface area contributed by atoms with Crippen LogP contribution in [0, 0.1) is 0 Å². The summed E-state index contributed by atoms with van der Waals surface area (Å²) < 4.78 is 5.71. The van der Waals surface area contributed by atoms with Crippen molar-refractivity contribution in [1.29, 1.82) is 0 Å². The van der Waals surface area contributed by atoms with Gasteiger partial charge in [0.05, 0.1) is 6.61 Å². The third-order valence-electron chi connectivity index (χ3n) is 5.24. The van der Waals surface area contributed by atoms with E-state index in [-0.39, 0.29) is 11.8 Å². The Morgan fingerprint density at radius 3 is 2.73 bits per heavy atom. The number of fused-ring (bicyclic) bond motifs is 1. The van der Waals surface area contributed by atoms with Gasteiger partial charge in [-0.15, -0.1) is 0 Å². The second-order valence-corrected chi connectivity index (χ2v) is 7.51. The van der Waals surface area contributed by atoms with Crippen molar-refractivity contribution in [2.24, 2.45) is 4.99 Å². The highest BCUT2D eigenvalue weighted by molar-refractivity contribution is 5.94. The van der Waals surface area contributed by atoms with Crippen LogP contribution >= 0.6 is 0 Å². The second-order valence-electron chi connectivity index (χ2n) is 7.51. The number of para-hydroxylation sites is 1. The minimum absolute atomic E-state index is 0.0607. The van der Waals surface area contributed by atoms with Crippen LogP contribution < -0.4 is 20.7 Å². The molecule has 3 N–H and O–H groups in total. The predicted molar refractivity (Wildman–Crippen MR) is 122 cm³/mol. The van der Waals surface area contributed by atoms with E-state index >= 15 is 0 Å². The van der Waals surface area contributed by atoms with E-state index in [0.717, 1.165) is 49.8 Å². The number of carbonyl (C=O) groups excluding carboxylic acids is 1. The molecule has 1 heterocycles. The number of nitrogens with zero attached hydrogens (tertiary/aromatic N) is 1. The highest BCUT2D eigenvalue weighted by Crippen LogP contribution is 2.31. The van der Waals surface area contributed by atoms with Gasteiger partial charge < -0.3 is 20.7 Å². The normalized spacial score (nSPS) is 15.9. The molecule has 0 aliphatic carbocycles. The fraction of sp³-hybridized carbons (Fsp3) is 0.417. The first kappa shape index (κ1) is 21.7. The Hall–Kier alpha value is -3.02. The van der Waals surface area contributed by atoms with Crippen molar-refractivity contribution in [3.8, 4) is 5.75 Å². The smallest absolute Gasteiger partial charge is 0.225 e. The van der Waals surface area contributed by atoms with Gasteiger partial charge in [0, 0.05) is 38.2 Å². The van der Waals surface area contributed by atoms with Crippen LogP contribution in [0.25, 0.3) is 0 Å². The Labute approximate surface area is 179 Å². The standard InChI is InChI=1S/C24H32N4O2/c1-3-4-15-30-20-11-9-18(10-12-20)13-14-26-24(25-2)27-17-19-16-23(29)28-22-8-6-5-7-21(19)22/h5-12,19H,3-4,13-17H2,1-2H3,(H,28,29)(H2,25,26,27). The van der Waals surface area contributed by atoms with Crippen molar-refractivity contribution in [3.63, 3.8) is 0 Å². The van der Waals surface area contributed by atoms with E-state index < -0.39 is 0 Å². The number of hydrogen-bond donors (Lipinski definition) is 3. The molecule has 160 valence electrons. The summed E-state index contributed by atoms with van der Waals surface area (Å²) in [4.78, 5) is 16.3. The van der Waals surface area contributed by atoms with Gasteiger partial charge in [-0.3, -0.25) is 9.79 Å². The maximum Gasteiger partial charge on any atom is 0.225 e. The van der Waals surface area contributed by atoms with E-state index in [4.69, 9.17) is 4.74 Å². The fourth-order valence-corrected chi connectivity index (χ4v) is 3.54. The molecule has 1 amide bonds. The van der Waals surface area contributed by atoms with E-state index in [1.165, 1.54) is 11.1 Å². The highest BCUT2D eigenvalue weighted by Gasteiger charge is 2.24. The maximum absolute atomic E-state index is 12.0. The molecule has 0 spiro atoms. The van der Waals surface area contributed by atoms with Gasteiger partial charge in [0.15, 0.2) is 5.96 Å². The molecule has 0 saturated heterocycles. The molecule has 2 aromatic carbocycles. The topological polar surface area (TPSA) is 74.8 Å². The molecule has 6 nitrogen and oxygen atoms in total. The SMILES string of the molecule is CCCCOc1ccc(CCNC(=NC)NCC2CC(=O)Nc3ccccc32)cc1. The molecule has 0 bridgehead atoms. The highest BCUT2D eigenvalue weighted by atomic mass is 16.5. The number of rotatable bonds is 9. The number of anilines is 1.